The summed E-state index contributed by atoms with van der Waals surface area (Å²) >= 11 is 0. The van der Waals surface area contributed by atoms with E-state index in [0.29, 0.717) is 6.04 Å². The van der Waals surface area contributed by atoms with Gasteiger partial charge in [-0.3, -0.25) is 0 Å². The quantitative estimate of drug-likeness (QED) is 0.138. The summed E-state index contributed by atoms with van der Waals surface area (Å²) in [6, 6.07) is 32.4. The molecule has 58 heavy (non-hydrogen) atoms. The summed E-state index contributed by atoms with van der Waals surface area (Å²) in [7, 11) is 0. The molecule has 0 fully saturated rings. The van der Waals surface area contributed by atoms with Crippen molar-refractivity contribution in [3.8, 4) is 11.1 Å². The molecular formula is C56H56N2. The van der Waals surface area contributed by atoms with Gasteiger partial charge in [-0.25, -0.2) is 0 Å². The number of anilines is 3. The second-order valence-corrected chi connectivity index (χ2v) is 16.7. The highest BCUT2D eigenvalue weighted by molar-refractivity contribution is 6.06. The lowest BCUT2D eigenvalue weighted by Crippen LogP contribution is -2.34. The fraction of sp³-hybridized carbons (Fsp3) is 0.250. The smallest absolute Gasteiger partial charge is 0.0520 e. The third kappa shape index (κ3) is 6.93. The van der Waals surface area contributed by atoms with E-state index in [-0.39, 0.29) is 0 Å². The summed E-state index contributed by atoms with van der Waals surface area (Å²) in [4.78, 5) is 5.04. The first-order chi connectivity index (χ1) is 28.4. The summed E-state index contributed by atoms with van der Waals surface area (Å²) < 4.78 is 0. The second kappa shape index (κ2) is 16.2. The van der Waals surface area contributed by atoms with Crippen molar-refractivity contribution in [1.29, 1.82) is 0 Å². The van der Waals surface area contributed by atoms with Gasteiger partial charge in [0, 0.05) is 28.8 Å². The molecule has 0 amide bonds. The van der Waals surface area contributed by atoms with E-state index in [1.165, 1.54) is 78.2 Å². The molecule has 5 aromatic rings. The standard InChI is InChI=1S/C56H56N2/c1-6-16-44(17-7-2)57(45-18-10-8-11-19-45)47-28-24-41(25-29-47)42-26-31-51-53-32-27-43-36-48(30-33-49(43)55(53)52-23-15-14-22-50(52)54(51)37-42)58(46-20-12-9-13-21-46)56-39(4)34-38(3)35-40(56)5/h6-7,9-10,12-24,30,33-37,47H,1,8,11,25-29,31-32H2,2-5H3/b17-7-,44-16+/t47-/m0/s1. The molecule has 0 saturated carbocycles. The predicted molar refractivity (Wildman–Crippen MR) is 249 cm³/mol. The van der Waals surface area contributed by atoms with Crippen molar-refractivity contribution in [1.82, 2.24) is 4.90 Å². The Balaban J connectivity index is 1.07. The van der Waals surface area contributed by atoms with Gasteiger partial charge in [0.15, 0.2) is 0 Å². The molecule has 9 rings (SSSR count). The van der Waals surface area contributed by atoms with Crippen molar-refractivity contribution >= 4 is 33.9 Å². The SMILES string of the molecule is C=C/C=C(\C=C/C)N(C1=CCCC=C1)[C@H]1CC=C(C2=Cc3c(c4c(c5ccccc35)-c3ccc(N(c5ccccc5)c5c(C)cc(C)cc5C)cc3CC4)CC2)CC1. The third-order valence-corrected chi connectivity index (χ3v) is 12.9. The van der Waals surface area contributed by atoms with E-state index < -0.39 is 0 Å². The van der Waals surface area contributed by atoms with Crippen LogP contribution in [0.1, 0.15) is 84.4 Å². The molecule has 4 aliphatic carbocycles. The van der Waals surface area contributed by atoms with Gasteiger partial charge in [-0.2, -0.15) is 0 Å². The highest BCUT2D eigenvalue weighted by atomic mass is 15.2. The largest absolute Gasteiger partial charge is 0.338 e. The van der Waals surface area contributed by atoms with Crippen molar-refractivity contribution in [2.75, 3.05) is 4.90 Å². The molecule has 0 heterocycles. The van der Waals surface area contributed by atoms with Crippen LogP contribution >= 0.6 is 0 Å². The van der Waals surface area contributed by atoms with Crippen molar-refractivity contribution in [2.24, 2.45) is 0 Å². The van der Waals surface area contributed by atoms with E-state index in [2.05, 4.69) is 178 Å². The highest BCUT2D eigenvalue weighted by Gasteiger charge is 2.30. The summed E-state index contributed by atoms with van der Waals surface area (Å²) in [6.45, 7) is 12.9. The van der Waals surface area contributed by atoms with Crippen LogP contribution in [-0.2, 0) is 19.3 Å². The topological polar surface area (TPSA) is 6.48 Å². The van der Waals surface area contributed by atoms with Crippen molar-refractivity contribution in [2.45, 2.75) is 91.5 Å². The summed E-state index contributed by atoms with van der Waals surface area (Å²) in [6.07, 6.45) is 30.6. The average Bonchev–Trinajstić information content (AvgIpc) is 3.25. The van der Waals surface area contributed by atoms with Gasteiger partial charge in [-0.1, -0.05) is 109 Å². The molecule has 5 aromatic carbocycles. The Hall–Kier alpha value is -5.86. The first-order valence-corrected chi connectivity index (χ1v) is 21.6. The number of fused-ring (bicyclic) bond motifs is 8. The monoisotopic (exact) mass is 756 g/mol. The average molecular weight is 757 g/mol. The number of para-hydroxylation sites is 1. The summed E-state index contributed by atoms with van der Waals surface area (Å²) in [5, 5.41) is 2.78. The van der Waals surface area contributed by atoms with E-state index in [9.17, 15) is 0 Å². The number of rotatable bonds is 9. The van der Waals surface area contributed by atoms with Crippen LogP contribution in [0.15, 0.2) is 163 Å². The Morgan fingerprint density at radius 1 is 0.741 bits per heavy atom. The van der Waals surface area contributed by atoms with Crippen LogP contribution in [0.2, 0.25) is 0 Å². The molecule has 1 atom stereocenters. The molecule has 0 radical (unpaired) electrons. The zero-order valence-corrected chi connectivity index (χ0v) is 34.8. The number of aryl methyl sites for hydroxylation is 4. The molecule has 0 unspecified atom stereocenters. The van der Waals surface area contributed by atoms with Gasteiger partial charge in [0.25, 0.3) is 0 Å². The molecule has 0 bridgehead atoms. The maximum absolute atomic E-state index is 4.05. The van der Waals surface area contributed by atoms with Crippen LogP contribution in [0, 0.1) is 20.8 Å². The lowest BCUT2D eigenvalue weighted by Gasteiger charge is -2.38. The minimum Gasteiger partial charge on any atom is -0.338 e. The van der Waals surface area contributed by atoms with Crippen LogP contribution in [0.25, 0.3) is 28.0 Å². The first kappa shape index (κ1) is 37.7. The lowest BCUT2D eigenvalue weighted by molar-refractivity contribution is 0.303. The molecule has 2 heteroatoms. The molecule has 0 saturated heterocycles. The van der Waals surface area contributed by atoms with Crippen LogP contribution in [0.3, 0.4) is 0 Å². The minimum atomic E-state index is 0.426. The fourth-order valence-corrected chi connectivity index (χ4v) is 10.5. The number of hydrogen-bond acceptors (Lipinski definition) is 2. The zero-order valence-electron chi connectivity index (χ0n) is 34.8. The van der Waals surface area contributed by atoms with Gasteiger partial charge in [-0.15, -0.1) is 0 Å². The number of allylic oxidation sites excluding steroid dienone is 9. The first-order valence-electron chi connectivity index (χ1n) is 21.6. The van der Waals surface area contributed by atoms with Crippen LogP contribution < -0.4 is 4.90 Å². The molecule has 0 spiro atoms. The van der Waals surface area contributed by atoms with E-state index in [0.717, 1.165) is 57.8 Å². The van der Waals surface area contributed by atoms with Gasteiger partial charge < -0.3 is 9.80 Å². The maximum atomic E-state index is 4.05. The molecular weight excluding hydrogens is 701 g/mol. The molecule has 2 nitrogen and oxygen atoms in total. The van der Waals surface area contributed by atoms with E-state index in [4.69, 9.17) is 0 Å². The lowest BCUT2D eigenvalue weighted by atomic mass is 9.74. The van der Waals surface area contributed by atoms with E-state index >= 15 is 0 Å². The normalized spacial score (nSPS) is 17.6. The van der Waals surface area contributed by atoms with Gasteiger partial charge in [-0.05, 0) is 194 Å². The van der Waals surface area contributed by atoms with Gasteiger partial charge in [0.1, 0.15) is 0 Å². The zero-order chi connectivity index (χ0) is 39.8. The Morgan fingerprint density at radius 3 is 2.24 bits per heavy atom. The van der Waals surface area contributed by atoms with Crippen LogP contribution in [0.4, 0.5) is 17.1 Å². The number of benzene rings is 5. The van der Waals surface area contributed by atoms with Crippen molar-refractivity contribution in [3.05, 3.63) is 202 Å². The molecule has 0 N–H and O–H groups in total. The van der Waals surface area contributed by atoms with Crippen molar-refractivity contribution in [3.63, 3.8) is 0 Å². The van der Waals surface area contributed by atoms with Gasteiger partial charge >= 0.3 is 0 Å². The Morgan fingerprint density at radius 2 is 1.52 bits per heavy atom. The third-order valence-electron chi connectivity index (χ3n) is 12.9. The Labute approximate surface area is 346 Å². The summed E-state index contributed by atoms with van der Waals surface area (Å²) in [5.74, 6) is 0. The van der Waals surface area contributed by atoms with Crippen molar-refractivity contribution < 1.29 is 0 Å². The number of hydrogen-bond donors (Lipinski definition) is 0. The van der Waals surface area contributed by atoms with Crippen LogP contribution in [0.5, 0.6) is 0 Å². The van der Waals surface area contributed by atoms with E-state index in [1.807, 2.05) is 6.08 Å². The molecule has 0 aliphatic heterocycles. The Kier molecular flexibility index (Phi) is 10.5. The highest BCUT2D eigenvalue weighted by Crippen LogP contribution is 2.48. The summed E-state index contributed by atoms with van der Waals surface area (Å²) in [5.41, 5.74) is 22.2. The van der Waals surface area contributed by atoms with Gasteiger partial charge in [0.05, 0.1) is 5.69 Å². The second-order valence-electron chi connectivity index (χ2n) is 16.7. The van der Waals surface area contributed by atoms with Gasteiger partial charge in [0.2, 0.25) is 0 Å². The molecule has 4 aliphatic rings. The van der Waals surface area contributed by atoms with E-state index in [1.54, 1.807) is 22.3 Å². The fourth-order valence-electron chi connectivity index (χ4n) is 10.5. The predicted octanol–water partition coefficient (Wildman–Crippen LogP) is 15.0. The molecule has 0 aromatic heterocycles. The minimum absolute atomic E-state index is 0.426. The maximum Gasteiger partial charge on any atom is 0.0520 e. The Bertz CT molecular complexity index is 2580. The molecule has 290 valence electrons. The van der Waals surface area contributed by atoms with Crippen LogP contribution in [-0.4, -0.2) is 10.9 Å². The number of nitrogens with zero attached hydrogens (tertiary/aromatic N) is 2.